The van der Waals surface area contributed by atoms with Gasteiger partial charge in [-0.2, -0.15) is 13.2 Å². The van der Waals surface area contributed by atoms with Crippen LogP contribution >= 0.6 is 23.2 Å². The first-order valence-corrected chi connectivity index (χ1v) is 20.8. The minimum atomic E-state index is -4.66. The summed E-state index contributed by atoms with van der Waals surface area (Å²) in [5.74, 6) is -1.29. The number of hydrogen-bond acceptors (Lipinski definition) is 10. The molecular formula is C46H35Cl2F3N10O5. The summed E-state index contributed by atoms with van der Waals surface area (Å²) in [7, 11) is 0. The summed E-state index contributed by atoms with van der Waals surface area (Å²) in [6.07, 6.45) is -1.75. The Labute approximate surface area is 384 Å². The number of halogens is 5. The lowest BCUT2D eigenvalue weighted by Crippen LogP contribution is -2.36. The molecular weight excluding hydrogens is 900 g/mol. The molecule has 4 heterocycles. The van der Waals surface area contributed by atoms with Crippen LogP contribution in [0.1, 0.15) is 52.8 Å². The van der Waals surface area contributed by atoms with Gasteiger partial charge in [0.15, 0.2) is 5.82 Å². The molecule has 8 rings (SSSR count). The largest absolute Gasteiger partial charge is 0.433 e. The van der Waals surface area contributed by atoms with Gasteiger partial charge in [-0.1, -0.05) is 41.4 Å². The predicted molar refractivity (Wildman–Crippen MR) is 243 cm³/mol. The highest BCUT2D eigenvalue weighted by Gasteiger charge is 2.33. The number of rotatable bonds is 11. The van der Waals surface area contributed by atoms with E-state index in [1.165, 1.54) is 60.5 Å². The molecule has 1 aliphatic heterocycles. The second kappa shape index (κ2) is 19.2. The van der Waals surface area contributed by atoms with E-state index in [2.05, 4.69) is 46.2 Å². The van der Waals surface area contributed by atoms with Crippen LogP contribution in [0, 0.1) is 6.92 Å². The van der Waals surface area contributed by atoms with Crippen molar-refractivity contribution >= 4 is 75.4 Å². The summed E-state index contributed by atoms with van der Waals surface area (Å²) < 4.78 is 46.1. The third kappa shape index (κ3) is 10.3. The number of carbonyl (C=O) groups is 4. The maximum Gasteiger partial charge on any atom is 0.433 e. The number of nitrogens with zero attached hydrogens (tertiary/aromatic N) is 6. The van der Waals surface area contributed by atoms with Crippen LogP contribution in [-0.2, 0) is 10.9 Å². The number of hydrogen-bond donors (Lipinski definition) is 4. The van der Waals surface area contributed by atoms with Gasteiger partial charge in [0.25, 0.3) is 23.6 Å². The summed E-state index contributed by atoms with van der Waals surface area (Å²) in [4.78, 5) is 67.6. The highest BCUT2D eigenvalue weighted by atomic mass is 35.5. The van der Waals surface area contributed by atoms with Crippen LogP contribution in [0.4, 0.5) is 41.7 Å². The van der Waals surface area contributed by atoms with E-state index >= 15 is 0 Å². The zero-order chi connectivity index (χ0) is 46.5. The zero-order valence-corrected chi connectivity index (χ0v) is 36.0. The van der Waals surface area contributed by atoms with Crippen molar-refractivity contribution in [3.63, 3.8) is 0 Å². The van der Waals surface area contributed by atoms with Crippen LogP contribution in [0.15, 0.2) is 122 Å². The van der Waals surface area contributed by atoms with Gasteiger partial charge in [-0.25, -0.2) is 19.6 Å². The van der Waals surface area contributed by atoms with E-state index in [0.717, 1.165) is 18.0 Å². The normalized spacial score (nSPS) is 12.6. The number of morpholine rings is 1. The fourth-order valence-electron chi connectivity index (χ4n) is 6.76. The van der Waals surface area contributed by atoms with Gasteiger partial charge in [-0.05, 0) is 97.9 Å². The molecule has 0 unspecified atom stereocenters. The molecule has 3 aromatic heterocycles. The Morgan fingerprint density at radius 3 is 2.02 bits per heavy atom. The van der Waals surface area contributed by atoms with E-state index in [0.29, 0.717) is 43.1 Å². The Balaban J connectivity index is 0.984. The highest BCUT2D eigenvalue weighted by Crippen LogP contribution is 2.37. The first-order valence-electron chi connectivity index (χ1n) is 20.0. The minimum Gasteiger partial charge on any atom is -0.378 e. The SMILES string of the molecule is Cc1nc(C(F)(F)F)ccc1C(=O)Nc1ccc(Cl)c(NC(=O)c2ccc(-n3cnc(-c4cc(NC(=O)c5ccc(N6CCOCC6)nc5)cc(NC(=O)c5ccccc5)c4Cl)n3)cc2)c1. The maximum absolute atomic E-state index is 13.5. The van der Waals surface area contributed by atoms with Gasteiger partial charge in [0.2, 0.25) is 0 Å². The number of carbonyl (C=O) groups excluding carboxylic acids is 4. The van der Waals surface area contributed by atoms with E-state index in [9.17, 15) is 32.3 Å². The third-order valence-corrected chi connectivity index (χ3v) is 10.9. The zero-order valence-electron chi connectivity index (χ0n) is 34.5. The average Bonchev–Trinajstić information content (AvgIpc) is 3.81. The topological polar surface area (TPSA) is 185 Å². The molecule has 4 amide bonds. The van der Waals surface area contributed by atoms with Gasteiger partial charge < -0.3 is 30.9 Å². The van der Waals surface area contributed by atoms with E-state index < -0.39 is 35.5 Å². The molecule has 15 nitrogen and oxygen atoms in total. The van der Waals surface area contributed by atoms with Crippen LogP contribution < -0.4 is 26.2 Å². The molecule has 4 aromatic carbocycles. The molecule has 66 heavy (non-hydrogen) atoms. The summed E-state index contributed by atoms with van der Waals surface area (Å²) in [6, 6.07) is 27.5. The molecule has 334 valence electrons. The lowest BCUT2D eigenvalue weighted by Gasteiger charge is -2.27. The van der Waals surface area contributed by atoms with Crippen molar-refractivity contribution in [3.8, 4) is 17.1 Å². The van der Waals surface area contributed by atoms with Gasteiger partial charge in [-0.15, -0.1) is 5.10 Å². The summed E-state index contributed by atoms with van der Waals surface area (Å²) in [5.41, 5.74) is 1.22. The first-order chi connectivity index (χ1) is 31.7. The lowest BCUT2D eigenvalue weighted by atomic mass is 10.1. The van der Waals surface area contributed by atoms with Gasteiger partial charge in [-0.3, -0.25) is 19.2 Å². The van der Waals surface area contributed by atoms with E-state index in [4.69, 9.17) is 27.9 Å². The Kier molecular flexibility index (Phi) is 13.1. The van der Waals surface area contributed by atoms with Crippen LogP contribution in [0.2, 0.25) is 10.0 Å². The Hall–Kier alpha value is -7.67. The lowest BCUT2D eigenvalue weighted by molar-refractivity contribution is -0.141. The molecule has 20 heteroatoms. The number of aryl methyl sites for hydroxylation is 1. The Morgan fingerprint density at radius 2 is 1.33 bits per heavy atom. The molecule has 0 spiro atoms. The quantitative estimate of drug-likeness (QED) is 0.0975. The standard InChI is InChI=1S/C46H35Cl2F3N10O5/c1-26-33(13-15-38(54-26)46(49,50)51)45(65)55-30-10-14-35(47)36(22-30)57-43(63)28-7-11-32(12-8-28)61-25-53-41(59-61)34-21-31(23-37(40(34)48)58-42(62)27-5-3-2-4-6-27)56-44(64)29-9-16-39(52-24-29)60-17-19-66-20-18-60/h2-16,21-25H,17-20H2,1H3,(H,55,65)(H,56,64)(H,57,63)(H,58,62). The monoisotopic (exact) mass is 934 g/mol. The number of benzene rings is 4. The van der Waals surface area contributed by atoms with Gasteiger partial charge in [0, 0.05) is 47.4 Å². The molecule has 0 aliphatic carbocycles. The van der Waals surface area contributed by atoms with Gasteiger partial charge in [0.1, 0.15) is 17.8 Å². The van der Waals surface area contributed by atoms with E-state index in [1.807, 2.05) is 0 Å². The number of nitrogens with one attached hydrogen (secondary N) is 4. The van der Waals surface area contributed by atoms with Crippen LogP contribution in [0.3, 0.4) is 0 Å². The number of ether oxygens (including phenoxy) is 1. The minimum absolute atomic E-state index is 0.0688. The molecule has 1 saturated heterocycles. The van der Waals surface area contributed by atoms with Crippen molar-refractivity contribution in [1.29, 1.82) is 0 Å². The molecule has 1 fully saturated rings. The fraction of sp³-hybridized carbons (Fsp3) is 0.130. The number of pyridine rings is 2. The molecule has 4 N–H and O–H groups in total. The first kappa shape index (κ1) is 44.9. The van der Waals surface area contributed by atoms with Crippen molar-refractivity contribution in [3.05, 3.63) is 165 Å². The summed E-state index contributed by atoms with van der Waals surface area (Å²) >= 11 is 13.3. The van der Waals surface area contributed by atoms with Gasteiger partial charge >= 0.3 is 6.18 Å². The second-order valence-electron chi connectivity index (χ2n) is 14.7. The second-order valence-corrected chi connectivity index (χ2v) is 15.4. The number of anilines is 5. The van der Waals surface area contributed by atoms with E-state index in [1.54, 1.807) is 60.7 Å². The number of alkyl halides is 3. The predicted octanol–water partition coefficient (Wildman–Crippen LogP) is 9.20. The third-order valence-electron chi connectivity index (χ3n) is 10.2. The Bertz CT molecular complexity index is 2970. The fourth-order valence-corrected chi connectivity index (χ4v) is 7.17. The van der Waals surface area contributed by atoms with Crippen molar-refractivity contribution in [1.82, 2.24) is 24.7 Å². The average molecular weight is 936 g/mol. The summed E-state index contributed by atoms with van der Waals surface area (Å²) in [6.45, 7) is 3.85. The van der Waals surface area contributed by atoms with Crippen LogP contribution in [0.5, 0.6) is 0 Å². The highest BCUT2D eigenvalue weighted by molar-refractivity contribution is 6.37. The van der Waals surface area contributed by atoms with E-state index in [-0.39, 0.29) is 61.0 Å². The maximum atomic E-state index is 13.5. The molecule has 0 saturated carbocycles. The van der Waals surface area contributed by atoms with Crippen molar-refractivity contribution in [2.45, 2.75) is 13.1 Å². The molecule has 0 radical (unpaired) electrons. The van der Waals surface area contributed by atoms with Crippen LogP contribution in [0.25, 0.3) is 17.1 Å². The Morgan fingerprint density at radius 1 is 0.682 bits per heavy atom. The number of aromatic nitrogens is 5. The van der Waals surface area contributed by atoms with Crippen molar-refractivity contribution < 1.29 is 37.1 Å². The van der Waals surface area contributed by atoms with Gasteiger partial charge in [0.05, 0.1) is 57.1 Å². The van der Waals surface area contributed by atoms with Crippen molar-refractivity contribution in [2.24, 2.45) is 0 Å². The molecule has 1 aliphatic rings. The van der Waals surface area contributed by atoms with Crippen molar-refractivity contribution in [2.75, 3.05) is 52.5 Å². The molecule has 7 aromatic rings. The molecule has 0 atom stereocenters. The smallest absolute Gasteiger partial charge is 0.378 e. The summed E-state index contributed by atoms with van der Waals surface area (Å²) in [5, 5.41) is 15.9. The number of amides is 4. The molecule has 0 bridgehead atoms. The van der Waals surface area contributed by atoms with Crippen LogP contribution in [-0.4, -0.2) is 74.7 Å².